The van der Waals surface area contributed by atoms with Gasteiger partial charge < -0.3 is 4.74 Å². The predicted octanol–water partition coefficient (Wildman–Crippen LogP) is 11.4. The molecule has 0 N–H and O–H groups in total. The first-order valence-electron chi connectivity index (χ1n) is 15.1. The lowest BCUT2D eigenvalue weighted by Crippen LogP contribution is -2.29. The van der Waals surface area contributed by atoms with E-state index in [0.29, 0.717) is 6.10 Å². The molecule has 0 aromatic heterocycles. The van der Waals surface area contributed by atoms with Crippen molar-refractivity contribution in [2.45, 2.75) is 188 Å². The summed E-state index contributed by atoms with van der Waals surface area (Å²) in [4.78, 5) is 0. The molecule has 0 heterocycles. The molecule has 0 fully saturated rings. The summed E-state index contributed by atoms with van der Waals surface area (Å²) in [5, 5.41) is 0. The minimum absolute atomic E-state index is 0.276. The minimum Gasteiger partial charge on any atom is -0.378 e. The van der Waals surface area contributed by atoms with Crippen molar-refractivity contribution >= 4 is 0 Å². The summed E-state index contributed by atoms with van der Waals surface area (Å²) in [6, 6.07) is 0. The Morgan fingerprint density at radius 2 is 0.750 bits per heavy atom. The molecular formula is C31H64O. The van der Waals surface area contributed by atoms with Crippen LogP contribution in [0.4, 0.5) is 0 Å². The summed E-state index contributed by atoms with van der Waals surface area (Å²) in [6.07, 6.45) is 32.8. The molecule has 0 radical (unpaired) electrons. The third-order valence-electron chi connectivity index (χ3n) is 7.10. The van der Waals surface area contributed by atoms with Gasteiger partial charge in [0.25, 0.3) is 0 Å². The van der Waals surface area contributed by atoms with Crippen molar-refractivity contribution in [1.29, 1.82) is 0 Å². The number of hydrogen-bond donors (Lipinski definition) is 0. The Labute approximate surface area is 205 Å². The first kappa shape index (κ1) is 32.0. The highest BCUT2D eigenvalue weighted by atomic mass is 16.5. The van der Waals surface area contributed by atoms with Crippen molar-refractivity contribution in [2.75, 3.05) is 6.61 Å². The first-order valence-corrected chi connectivity index (χ1v) is 15.1. The minimum atomic E-state index is 0.276. The Bertz CT molecular complexity index is 343. The molecule has 0 spiro atoms. The van der Waals surface area contributed by atoms with E-state index in [0.717, 1.165) is 6.61 Å². The number of hydrogen-bond acceptors (Lipinski definition) is 1. The van der Waals surface area contributed by atoms with Gasteiger partial charge in [-0.25, -0.2) is 0 Å². The summed E-state index contributed by atoms with van der Waals surface area (Å²) >= 11 is 0. The number of rotatable bonds is 25. The highest BCUT2D eigenvalue weighted by molar-refractivity contribution is 4.74. The van der Waals surface area contributed by atoms with E-state index in [-0.39, 0.29) is 5.41 Å². The van der Waals surface area contributed by atoms with Crippen LogP contribution in [0.2, 0.25) is 0 Å². The molecule has 0 saturated heterocycles. The molecule has 32 heavy (non-hydrogen) atoms. The van der Waals surface area contributed by atoms with Gasteiger partial charge in [-0.3, -0.25) is 0 Å². The summed E-state index contributed by atoms with van der Waals surface area (Å²) in [6.45, 7) is 12.6. The van der Waals surface area contributed by atoms with E-state index < -0.39 is 0 Å². The lowest BCUT2D eigenvalue weighted by atomic mass is 9.85. The van der Waals surface area contributed by atoms with E-state index in [1.807, 2.05) is 0 Å². The highest BCUT2D eigenvalue weighted by Crippen LogP contribution is 2.27. The van der Waals surface area contributed by atoms with Crippen LogP contribution in [0.25, 0.3) is 0 Å². The standard InChI is InChI=1S/C31H64O/c1-6-8-10-12-14-15-16-17-18-19-20-21-22-23-25-27-29-32-30(31(3,4)5)28-26-24-13-11-9-7-2/h30H,6-29H2,1-5H3. The van der Waals surface area contributed by atoms with Gasteiger partial charge in [0.05, 0.1) is 6.10 Å². The van der Waals surface area contributed by atoms with Crippen molar-refractivity contribution in [3.05, 3.63) is 0 Å². The molecule has 0 bridgehead atoms. The second kappa shape index (κ2) is 24.1. The monoisotopic (exact) mass is 452 g/mol. The van der Waals surface area contributed by atoms with Crippen LogP contribution in [0.5, 0.6) is 0 Å². The summed E-state index contributed by atoms with van der Waals surface area (Å²) in [5.74, 6) is 0. The molecule has 0 aromatic rings. The zero-order valence-corrected chi connectivity index (χ0v) is 23.5. The Morgan fingerprint density at radius 1 is 0.438 bits per heavy atom. The van der Waals surface area contributed by atoms with Crippen molar-refractivity contribution in [3.8, 4) is 0 Å². The maximum absolute atomic E-state index is 6.35. The van der Waals surface area contributed by atoms with Crippen LogP contribution in [-0.2, 0) is 4.74 Å². The fraction of sp³-hybridized carbons (Fsp3) is 1.00. The predicted molar refractivity (Wildman–Crippen MR) is 147 cm³/mol. The molecule has 1 atom stereocenters. The molecular weight excluding hydrogens is 388 g/mol. The third-order valence-corrected chi connectivity index (χ3v) is 7.10. The lowest BCUT2D eigenvalue weighted by Gasteiger charge is -2.31. The van der Waals surface area contributed by atoms with Gasteiger partial charge in [0.2, 0.25) is 0 Å². The molecule has 194 valence electrons. The molecule has 1 heteroatoms. The fourth-order valence-corrected chi connectivity index (χ4v) is 4.75. The lowest BCUT2D eigenvalue weighted by molar-refractivity contribution is -0.0256. The van der Waals surface area contributed by atoms with Crippen LogP contribution in [0.3, 0.4) is 0 Å². The van der Waals surface area contributed by atoms with Crippen molar-refractivity contribution in [1.82, 2.24) is 0 Å². The van der Waals surface area contributed by atoms with Gasteiger partial charge in [-0.05, 0) is 18.3 Å². The van der Waals surface area contributed by atoms with Gasteiger partial charge in [0.1, 0.15) is 0 Å². The van der Waals surface area contributed by atoms with E-state index in [1.54, 1.807) is 0 Å². The van der Waals surface area contributed by atoms with E-state index in [2.05, 4.69) is 34.6 Å². The highest BCUT2D eigenvalue weighted by Gasteiger charge is 2.24. The maximum Gasteiger partial charge on any atom is 0.0623 e. The Morgan fingerprint density at radius 3 is 1.09 bits per heavy atom. The Kier molecular flexibility index (Phi) is 24.1. The quantitative estimate of drug-likeness (QED) is 0.125. The molecule has 1 nitrogen and oxygen atoms in total. The van der Waals surface area contributed by atoms with Crippen LogP contribution in [-0.4, -0.2) is 12.7 Å². The van der Waals surface area contributed by atoms with Gasteiger partial charge in [0.15, 0.2) is 0 Å². The molecule has 0 rings (SSSR count). The second-order valence-corrected chi connectivity index (χ2v) is 11.6. The molecule has 0 aromatic carbocycles. The summed E-state index contributed by atoms with van der Waals surface area (Å²) in [7, 11) is 0. The van der Waals surface area contributed by atoms with Gasteiger partial charge in [-0.1, -0.05) is 169 Å². The van der Waals surface area contributed by atoms with E-state index in [9.17, 15) is 0 Å². The van der Waals surface area contributed by atoms with Crippen LogP contribution in [0, 0.1) is 5.41 Å². The smallest absolute Gasteiger partial charge is 0.0623 e. The second-order valence-electron chi connectivity index (χ2n) is 11.6. The molecule has 0 aliphatic rings. The molecule has 0 amide bonds. The molecule has 1 unspecified atom stereocenters. The van der Waals surface area contributed by atoms with Gasteiger partial charge >= 0.3 is 0 Å². The zero-order valence-electron chi connectivity index (χ0n) is 23.5. The fourth-order valence-electron chi connectivity index (χ4n) is 4.75. The largest absolute Gasteiger partial charge is 0.378 e. The number of unbranched alkanes of at least 4 members (excludes halogenated alkanes) is 20. The Hall–Kier alpha value is -0.0400. The van der Waals surface area contributed by atoms with E-state index in [1.165, 1.54) is 148 Å². The maximum atomic E-state index is 6.35. The number of ether oxygens (including phenoxy) is 1. The van der Waals surface area contributed by atoms with Gasteiger partial charge in [0, 0.05) is 6.61 Å². The third kappa shape index (κ3) is 23.1. The SMILES string of the molecule is CCCCCCCCCCCCCCCCCCOC(CCCCCCCC)C(C)(C)C. The van der Waals surface area contributed by atoms with Crippen LogP contribution < -0.4 is 0 Å². The van der Waals surface area contributed by atoms with Crippen LogP contribution in [0.1, 0.15) is 182 Å². The van der Waals surface area contributed by atoms with Gasteiger partial charge in [-0.2, -0.15) is 0 Å². The Balaban J connectivity index is 3.45. The van der Waals surface area contributed by atoms with Crippen molar-refractivity contribution in [3.63, 3.8) is 0 Å². The normalized spacial score (nSPS) is 13.0. The zero-order chi connectivity index (χ0) is 23.8. The average molecular weight is 453 g/mol. The molecule has 0 saturated carbocycles. The van der Waals surface area contributed by atoms with E-state index in [4.69, 9.17) is 4.74 Å². The summed E-state index contributed by atoms with van der Waals surface area (Å²) < 4.78 is 6.35. The molecule has 0 aliphatic carbocycles. The first-order chi connectivity index (χ1) is 15.5. The van der Waals surface area contributed by atoms with Crippen LogP contribution in [0.15, 0.2) is 0 Å². The summed E-state index contributed by atoms with van der Waals surface area (Å²) in [5.41, 5.74) is 0.276. The van der Waals surface area contributed by atoms with Crippen molar-refractivity contribution in [2.24, 2.45) is 5.41 Å². The van der Waals surface area contributed by atoms with Crippen molar-refractivity contribution < 1.29 is 4.74 Å². The molecule has 0 aliphatic heterocycles. The van der Waals surface area contributed by atoms with Gasteiger partial charge in [-0.15, -0.1) is 0 Å². The average Bonchev–Trinajstić information content (AvgIpc) is 2.76. The van der Waals surface area contributed by atoms with Crippen LogP contribution >= 0.6 is 0 Å². The topological polar surface area (TPSA) is 9.23 Å². The van der Waals surface area contributed by atoms with E-state index >= 15 is 0 Å².